The van der Waals surface area contributed by atoms with E-state index in [1.165, 1.54) is 0 Å². The molecule has 4 aliphatic heterocycles. The summed E-state index contributed by atoms with van der Waals surface area (Å²) in [6, 6.07) is 19.6. The Balaban J connectivity index is 0.000000176. The molecular formula is C30H40N4O4Y. The number of hydrogen-bond acceptors (Lipinski definition) is 6. The second kappa shape index (κ2) is 13.1. The largest absolute Gasteiger partial charge is 0.445 e. The Morgan fingerprint density at radius 3 is 1.44 bits per heavy atom. The van der Waals surface area contributed by atoms with Gasteiger partial charge in [-0.1, -0.05) is 74.5 Å². The summed E-state index contributed by atoms with van der Waals surface area (Å²) in [5.41, 5.74) is 2.08. The SMILES string of the molecule is C[C@H]1CN(C(=O)OCc2ccccc2)[C@]12CCNC2.C[C@H]1CN(C(=O)OCc2ccccc2)[C@]12CCNC2.[Y]. The third kappa shape index (κ3) is 6.19. The number of hydrogen-bond donors (Lipinski definition) is 2. The summed E-state index contributed by atoms with van der Waals surface area (Å²) in [4.78, 5) is 28.2. The first-order chi connectivity index (χ1) is 18.4. The Bertz CT molecular complexity index is 1000. The van der Waals surface area contributed by atoms with Crippen LogP contribution in [0.15, 0.2) is 60.7 Å². The minimum atomic E-state index is -0.175. The number of carbonyl (C=O) groups excluding carboxylic acids is 2. The number of carbonyl (C=O) groups is 2. The standard InChI is InChI=1S/2C15H20N2O2.Y/c2*1-12-9-17(15(12)7-8-16-11-15)14(18)19-10-13-5-3-2-4-6-13;/h2*2-6,12,16H,7-11H2,1H3;/t2*12-,15-;/m00./s1. The third-order valence-corrected chi connectivity index (χ3v) is 9.01. The van der Waals surface area contributed by atoms with E-state index in [-0.39, 0.29) is 56.0 Å². The Kier molecular flexibility index (Phi) is 10.1. The zero-order chi connectivity index (χ0) is 26.6. The van der Waals surface area contributed by atoms with Gasteiger partial charge in [-0.25, -0.2) is 9.59 Å². The van der Waals surface area contributed by atoms with Crippen molar-refractivity contribution in [2.24, 2.45) is 11.8 Å². The topological polar surface area (TPSA) is 83.1 Å². The fourth-order valence-electron chi connectivity index (χ4n) is 6.36. The molecule has 2 amide bonds. The first kappa shape index (κ1) is 30.0. The zero-order valence-corrected chi connectivity index (χ0v) is 25.9. The monoisotopic (exact) mass is 609 g/mol. The molecule has 207 valence electrons. The molecule has 1 radical (unpaired) electrons. The Morgan fingerprint density at radius 2 is 1.13 bits per heavy atom. The maximum atomic E-state index is 12.2. The van der Waals surface area contributed by atoms with Crippen molar-refractivity contribution >= 4 is 12.2 Å². The van der Waals surface area contributed by atoms with Crippen molar-refractivity contribution in [2.75, 3.05) is 39.3 Å². The maximum Gasteiger partial charge on any atom is 0.410 e. The molecule has 6 rings (SSSR count). The predicted octanol–water partition coefficient (Wildman–Crippen LogP) is 4.01. The normalized spacial score (nSPS) is 28.6. The second-order valence-electron chi connectivity index (χ2n) is 11.2. The van der Waals surface area contributed by atoms with E-state index in [1.807, 2.05) is 70.5 Å². The van der Waals surface area contributed by atoms with Crippen molar-refractivity contribution < 1.29 is 51.8 Å². The number of nitrogens with one attached hydrogen (secondary N) is 2. The van der Waals surface area contributed by atoms with Crippen molar-refractivity contribution in [3.8, 4) is 0 Å². The van der Waals surface area contributed by atoms with Gasteiger partial charge in [0.1, 0.15) is 13.2 Å². The summed E-state index contributed by atoms with van der Waals surface area (Å²) in [5.74, 6) is 1.12. The van der Waals surface area contributed by atoms with Crippen LogP contribution in [0.25, 0.3) is 0 Å². The molecule has 0 bridgehead atoms. The Morgan fingerprint density at radius 1 is 0.744 bits per heavy atom. The van der Waals surface area contributed by atoms with Crippen LogP contribution < -0.4 is 10.6 Å². The smallest absolute Gasteiger partial charge is 0.410 e. The molecule has 2 aromatic carbocycles. The molecule has 4 aliphatic rings. The first-order valence-corrected chi connectivity index (χ1v) is 13.8. The number of rotatable bonds is 4. The summed E-state index contributed by atoms with van der Waals surface area (Å²) in [6.07, 6.45) is 1.72. The average Bonchev–Trinajstić information content (AvgIpc) is 3.67. The molecule has 9 heteroatoms. The van der Waals surface area contributed by atoms with Gasteiger partial charge in [-0.2, -0.15) is 0 Å². The van der Waals surface area contributed by atoms with Crippen LogP contribution in [0.4, 0.5) is 9.59 Å². The summed E-state index contributed by atoms with van der Waals surface area (Å²) >= 11 is 0. The van der Waals surface area contributed by atoms with E-state index >= 15 is 0 Å². The number of ether oxygens (including phenoxy) is 2. The number of nitrogens with zero attached hydrogens (tertiary/aromatic N) is 2. The predicted molar refractivity (Wildman–Crippen MR) is 145 cm³/mol. The van der Waals surface area contributed by atoms with E-state index in [0.29, 0.717) is 25.0 Å². The first-order valence-electron chi connectivity index (χ1n) is 13.8. The molecule has 0 aromatic heterocycles. The number of benzene rings is 2. The van der Waals surface area contributed by atoms with Crippen molar-refractivity contribution in [2.45, 2.75) is 51.0 Å². The van der Waals surface area contributed by atoms with Gasteiger partial charge >= 0.3 is 12.2 Å². The maximum absolute atomic E-state index is 12.2. The van der Waals surface area contributed by atoms with Gasteiger partial charge in [-0.15, -0.1) is 0 Å². The fraction of sp³-hybridized carbons (Fsp3) is 0.533. The fourth-order valence-corrected chi connectivity index (χ4v) is 6.36. The van der Waals surface area contributed by atoms with Crippen molar-refractivity contribution in [3.63, 3.8) is 0 Å². The second-order valence-corrected chi connectivity index (χ2v) is 11.2. The van der Waals surface area contributed by atoms with E-state index < -0.39 is 0 Å². The van der Waals surface area contributed by atoms with Gasteiger partial charge in [-0.3, -0.25) is 0 Å². The van der Waals surface area contributed by atoms with E-state index in [0.717, 1.165) is 63.2 Å². The van der Waals surface area contributed by atoms with Gasteiger partial charge in [0, 0.05) is 58.9 Å². The molecule has 4 saturated heterocycles. The van der Waals surface area contributed by atoms with Crippen LogP contribution in [0, 0.1) is 11.8 Å². The molecule has 0 unspecified atom stereocenters. The summed E-state index contributed by atoms with van der Waals surface area (Å²) < 4.78 is 10.9. The van der Waals surface area contributed by atoms with Gasteiger partial charge in [0.25, 0.3) is 0 Å². The van der Waals surface area contributed by atoms with Crippen LogP contribution in [-0.2, 0) is 55.4 Å². The molecular weight excluding hydrogens is 569 g/mol. The molecule has 8 nitrogen and oxygen atoms in total. The van der Waals surface area contributed by atoms with Crippen LogP contribution in [0.5, 0.6) is 0 Å². The molecule has 39 heavy (non-hydrogen) atoms. The van der Waals surface area contributed by atoms with E-state index in [9.17, 15) is 9.59 Å². The molecule has 4 atom stereocenters. The van der Waals surface area contributed by atoms with Crippen LogP contribution >= 0.6 is 0 Å². The molecule has 4 heterocycles. The van der Waals surface area contributed by atoms with E-state index in [2.05, 4.69) is 24.5 Å². The summed E-state index contributed by atoms with van der Waals surface area (Å²) in [7, 11) is 0. The van der Waals surface area contributed by atoms with Crippen LogP contribution in [0.1, 0.15) is 37.8 Å². The third-order valence-electron chi connectivity index (χ3n) is 9.01. The van der Waals surface area contributed by atoms with Crippen molar-refractivity contribution in [1.29, 1.82) is 0 Å². The molecule has 4 fully saturated rings. The van der Waals surface area contributed by atoms with Gasteiger partial charge < -0.3 is 29.9 Å². The van der Waals surface area contributed by atoms with Crippen LogP contribution in [0.3, 0.4) is 0 Å². The minimum absolute atomic E-state index is 0. The minimum Gasteiger partial charge on any atom is -0.445 e. The zero-order valence-electron chi connectivity index (χ0n) is 23.1. The van der Waals surface area contributed by atoms with Gasteiger partial charge in [0.15, 0.2) is 0 Å². The Labute approximate surface area is 257 Å². The van der Waals surface area contributed by atoms with Crippen LogP contribution in [-0.4, -0.2) is 72.3 Å². The molecule has 0 saturated carbocycles. The molecule has 2 aromatic rings. The van der Waals surface area contributed by atoms with Crippen LogP contribution in [0.2, 0.25) is 0 Å². The van der Waals surface area contributed by atoms with Gasteiger partial charge in [0.2, 0.25) is 0 Å². The molecule has 2 spiro atoms. The average molecular weight is 610 g/mol. The van der Waals surface area contributed by atoms with Crippen molar-refractivity contribution in [1.82, 2.24) is 20.4 Å². The van der Waals surface area contributed by atoms with Gasteiger partial charge in [0.05, 0.1) is 11.1 Å². The van der Waals surface area contributed by atoms with E-state index in [4.69, 9.17) is 9.47 Å². The van der Waals surface area contributed by atoms with E-state index in [1.54, 1.807) is 0 Å². The number of amides is 2. The number of likely N-dealkylation sites (tertiary alicyclic amines) is 2. The summed E-state index contributed by atoms with van der Waals surface area (Å²) in [5, 5.41) is 6.71. The quantitative estimate of drug-likeness (QED) is 0.546. The molecule has 2 N–H and O–H groups in total. The van der Waals surface area contributed by atoms with Gasteiger partial charge in [-0.05, 0) is 48.9 Å². The van der Waals surface area contributed by atoms with Crippen molar-refractivity contribution in [3.05, 3.63) is 71.8 Å². The Hall–Kier alpha value is -2.00. The molecule has 0 aliphatic carbocycles. The summed E-state index contributed by atoms with van der Waals surface area (Å²) in [6.45, 7) is 10.6.